The van der Waals surface area contributed by atoms with Crippen LogP contribution in [-0.2, 0) is 5.67 Å². The third kappa shape index (κ3) is 2.77. The van der Waals surface area contributed by atoms with Crippen LogP contribution in [0.4, 0.5) is 26.4 Å². The van der Waals surface area contributed by atoms with Crippen molar-refractivity contribution >= 4 is 17.6 Å². The smallest absolute Gasteiger partial charge is 0.235 e. The average Bonchev–Trinajstić information content (AvgIpc) is 3.01. The Bertz CT molecular complexity index is 779. The Morgan fingerprint density at radius 1 is 1.21 bits per heavy atom. The van der Waals surface area contributed by atoms with E-state index in [1.807, 2.05) is 0 Å². The minimum Gasteiger partial charge on any atom is -0.454 e. The third-order valence-electron chi connectivity index (χ3n) is 3.48. The number of hydrogen-bond donors (Lipinski definition) is 1. The van der Waals surface area contributed by atoms with Gasteiger partial charge in [-0.1, -0.05) is 0 Å². The Kier molecular flexibility index (Phi) is 3.86. The third-order valence-corrected chi connectivity index (χ3v) is 3.48. The molecule has 0 spiro atoms. The van der Waals surface area contributed by atoms with Crippen LogP contribution in [0.1, 0.15) is 19.7 Å². The molecule has 128 valence electrons. The number of ether oxygens (including phenoxy) is 2. The molecule has 2 aromatic rings. The molecule has 2 heterocycles. The fraction of sp³-hybridized carbons (Fsp3) is 0.400. The van der Waals surface area contributed by atoms with Crippen LogP contribution in [0.2, 0.25) is 0 Å². The SMILES string of the molecule is CNc1nc(N(C)c2c(F)ccc3c2OCO3)nc(C(C)(C)F)n1. The van der Waals surface area contributed by atoms with E-state index in [1.165, 1.54) is 30.9 Å². The largest absolute Gasteiger partial charge is 0.454 e. The lowest BCUT2D eigenvalue weighted by Crippen LogP contribution is -2.22. The summed E-state index contributed by atoms with van der Waals surface area (Å²) in [4.78, 5) is 13.7. The Hall–Kier alpha value is -2.71. The van der Waals surface area contributed by atoms with Crippen molar-refractivity contribution in [3.63, 3.8) is 0 Å². The van der Waals surface area contributed by atoms with Crippen LogP contribution in [0, 0.1) is 5.82 Å². The van der Waals surface area contributed by atoms with Crippen molar-refractivity contribution < 1.29 is 18.3 Å². The molecule has 0 saturated carbocycles. The van der Waals surface area contributed by atoms with Crippen molar-refractivity contribution in [2.45, 2.75) is 19.5 Å². The Morgan fingerprint density at radius 3 is 2.62 bits per heavy atom. The lowest BCUT2D eigenvalue weighted by Gasteiger charge is -2.21. The van der Waals surface area contributed by atoms with E-state index >= 15 is 0 Å². The number of nitrogens with one attached hydrogen (secondary N) is 1. The molecule has 1 N–H and O–H groups in total. The fourth-order valence-corrected chi connectivity index (χ4v) is 2.24. The zero-order valence-corrected chi connectivity index (χ0v) is 13.7. The summed E-state index contributed by atoms with van der Waals surface area (Å²) in [5.74, 6) is 0.343. The van der Waals surface area contributed by atoms with Crippen LogP contribution in [0.5, 0.6) is 11.5 Å². The highest BCUT2D eigenvalue weighted by molar-refractivity contribution is 5.71. The summed E-state index contributed by atoms with van der Waals surface area (Å²) in [6.45, 7) is 2.67. The van der Waals surface area contributed by atoms with E-state index in [2.05, 4.69) is 20.3 Å². The van der Waals surface area contributed by atoms with Gasteiger partial charge in [-0.3, -0.25) is 0 Å². The number of aromatic nitrogens is 3. The van der Waals surface area contributed by atoms with E-state index in [0.29, 0.717) is 5.75 Å². The molecule has 1 aromatic heterocycles. The molecule has 1 aromatic carbocycles. The number of hydrogen-bond acceptors (Lipinski definition) is 7. The van der Waals surface area contributed by atoms with Crippen LogP contribution in [0.15, 0.2) is 12.1 Å². The first-order valence-electron chi connectivity index (χ1n) is 7.26. The molecule has 0 bridgehead atoms. The van der Waals surface area contributed by atoms with Gasteiger partial charge in [0, 0.05) is 14.1 Å². The second kappa shape index (κ2) is 5.73. The van der Waals surface area contributed by atoms with Gasteiger partial charge in [0.25, 0.3) is 0 Å². The minimum absolute atomic E-state index is 0.00134. The number of alkyl halides is 1. The van der Waals surface area contributed by atoms with Gasteiger partial charge in [0.1, 0.15) is 5.69 Å². The molecule has 9 heteroatoms. The molecule has 0 radical (unpaired) electrons. The first kappa shape index (κ1) is 16.2. The van der Waals surface area contributed by atoms with Crippen molar-refractivity contribution in [3.8, 4) is 11.5 Å². The van der Waals surface area contributed by atoms with Gasteiger partial charge in [-0.2, -0.15) is 15.0 Å². The van der Waals surface area contributed by atoms with Crippen LogP contribution in [0.3, 0.4) is 0 Å². The molecular weight excluding hydrogens is 320 g/mol. The second-order valence-corrected chi connectivity index (χ2v) is 5.69. The highest BCUT2D eigenvalue weighted by atomic mass is 19.1. The summed E-state index contributed by atoms with van der Waals surface area (Å²) >= 11 is 0. The zero-order chi connectivity index (χ0) is 17.5. The second-order valence-electron chi connectivity index (χ2n) is 5.69. The summed E-state index contributed by atoms with van der Waals surface area (Å²) in [5, 5.41) is 2.75. The normalized spacial score (nSPS) is 13.1. The van der Waals surface area contributed by atoms with Gasteiger partial charge in [-0.15, -0.1) is 0 Å². The zero-order valence-electron chi connectivity index (χ0n) is 13.7. The van der Waals surface area contributed by atoms with Gasteiger partial charge in [0.05, 0.1) is 0 Å². The van der Waals surface area contributed by atoms with Crippen LogP contribution in [0.25, 0.3) is 0 Å². The highest BCUT2D eigenvalue weighted by Crippen LogP contribution is 2.44. The summed E-state index contributed by atoms with van der Waals surface area (Å²) in [7, 11) is 3.16. The first-order valence-corrected chi connectivity index (χ1v) is 7.26. The molecule has 0 amide bonds. The van der Waals surface area contributed by atoms with E-state index < -0.39 is 11.5 Å². The molecule has 0 aliphatic carbocycles. The fourth-order valence-electron chi connectivity index (χ4n) is 2.24. The maximum atomic E-state index is 14.4. The van der Waals surface area contributed by atoms with Crippen LogP contribution >= 0.6 is 0 Å². The first-order chi connectivity index (χ1) is 11.3. The van der Waals surface area contributed by atoms with Gasteiger partial charge >= 0.3 is 0 Å². The maximum Gasteiger partial charge on any atom is 0.235 e. The maximum absolute atomic E-state index is 14.4. The molecule has 0 saturated heterocycles. The number of nitrogens with zero attached hydrogens (tertiary/aromatic N) is 4. The molecule has 0 unspecified atom stereocenters. The standard InChI is InChI=1S/C15H17F2N5O2/c1-15(2,17)12-19-13(18-3)21-14(20-12)22(4)10-8(16)5-6-9-11(10)24-7-23-9/h5-6H,7H2,1-4H3,(H,18,19,20,21). The van der Waals surface area contributed by atoms with Crippen molar-refractivity contribution in [1.29, 1.82) is 0 Å². The number of benzene rings is 1. The molecule has 0 atom stereocenters. The topological polar surface area (TPSA) is 72.4 Å². The molecule has 3 rings (SSSR count). The van der Waals surface area contributed by atoms with E-state index in [1.54, 1.807) is 14.1 Å². The van der Waals surface area contributed by atoms with Crippen LogP contribution in [-0.4, -0.2) is 35.8 Å². The summed E-state index contributed by atoms with van der Waals surface area (Å²) in [6.07, 6.45) is 0. The molecule has 7 nitrogen and oxygen atoms in total. The predicted octanol–water partition coefficient (Wildman–Crippen LogP) is 2.75. The van der Waals surface area contributed by atoms with Crippen molar-refractivity contribution in [3.05, 3.63) is 23.8 Å². The van der Waals surface area contributed by atoms with Gasteiger partial charge in [-0.25, -0.2) is 8.78 Å². The molecule has 1 aliphatic rings. The minimum atomic E-state index is -1.78. The number of fused-ring (bicyclic) bond motifs is 1. The molecule has 1 aliphatic heterocycles. The monoisotopic (exact) mass is 337 g/mol. The van der Waals surface area contributed by atoms with Gasteiger partial charge < -0.3 is 19.7 Å². The summed E-state index contributed by atoms with van der Waals surface area (Å²) in [6, 6.07) is 2.75. The van der Waals surface area contributed by atoms with Crippen molar-refractivity contribution in [1.82, 2.24) is 15.0 Å². The van der Waals surface area contributed by atoms with Gasteiger partial charge in [0.2, 0.25) is 18.7 Å². The van der Waals surface area contributed by atoms with E-state index in [-0.39, 0.29) is 36.0 Å². The number of anilines is 3. The molecular formula is C15H17F2N5O2. The van der Waals surface area contributed by atoms with E-state index in [9.17, 15) is 8.78 Å². The molecule has 24 heavy (non-hydrogen) atoms. The van der Waals surface area contributed by atoms with E-state index in [0.717, 1.165) is 0 Å². The highest BCUT2D eigenvalue weighted by Gasteiger charge is 2.29. The van der Waals surface area contributed by atoms with Gasteiger partial charge in [-0.05, 0) is 26.0 Å². The Morgan fingerprint density at radius 2 is 1.96 bits per heavy atom. The summed E-state index contributed by atoms with van der Waals surface area (Å²) < 4.78 is 39.2. The Balaban J connectivity index is 2.11. The van der Waals surface area contributed by atoms with Crippen molar-refractivity contribution in [2.24, 2.45) is 0 Å². The van der Waals surface area contributed by atoms with Crippen molar-refractivity contribution in [2.75, 3.05) is 31.1 Å². The average molecular weight is 337 g/mol. The Labute approximate surface area is 137 Å². The number of halogens is 2. The molecule has 0 fully saturated rings. The summed E-state index contributed by atoms with van der Waals surface area (Å²) in [5.41, 5.74) is -1.66. The van der Waals surface area contributed by atoms with E-state index in [4.69, 9.17) is 9.47 Å². The van der Waals surface area contributed by atoms with Crippen LogP contribution < -0.4 is 19.7 Å². The lowest BCUT2D eigenvalue weighted by molar-refractivity contribution is 0.174. The lowest BCUT2D eigenvalue weighted by atomic mass is 10.1. The van der Waals surface area contributed by atoms with Gasteiger partial charge in [0.15, 0.2) is 28.8 Å². The number of rotatable bonds is 4. The quantitative estimate of drug-likeness (QED) is 0.919. The predicted molar refractivity (Wildman–Crippen MR) is 84.1 cm³/mol.